The Morgan fingerprint density at radius 1 is 0.958 bits per heavy atom. The van der Waals surface area contributed by atoms with Gasteiger partial charge in [-0.1, -0.05) is 53.8 Å². The van der Waals surface area contributed by atoms with Crippen LogP contribution >= 0.6 is 7.92 Å². The van der Waals surface area contributed by atoms with Crippen LogP contribution in [0.15, 0.2) is 42.7 Å². The molecule has 3 heteroatoms. The van der Waals surface area contributed by atoms with Crippen molar-refractivity contribution < 1.29 is 4.57 Å². The molecule has 0 N–H and O–H groups in total. The smallest absolute Gasteiger partial charge is 0.174 e. The first-order valence-electron chi connectivity index (χ1n) is 8.84. The van der Waals surface area contributed by atoms with Crippen molar-refractivity contribution in [2.24, 2.45) is 0 Å². The molecule has 0 bridgehead atoms. The third-order valence-electron chi connectivity index (χ3n) is 4.44. The maximum Gasteiger partial charge on any atom is 0.174 e. The van der Waals surface area contributed by atoms with Crippen LogP contribution in [0, 0.1) is 6.92 Å². The van der Waals surface area contributed by atoms with E-state index in [9.17, 15) is 0 Å². The zero-order valence-corrected chi connectivity index (χ0v) is 17.1. The summed E-state index contributed by atoms with van der Waals surface area (Å²) in [6, 6.07) is 11.2. The Balaban J connectivity index is 2.38. The lowest BCUT2D eigenvalue weighted by atomic mass is 10.1. The van der Waals surface area contributed by atoms with E-state index in [-0.39, 0.29) is 7.92 Å². The van der Waals surface area contributed by atoms with Gasteiger partial charge in [-0.2, -0.15) is 0 Å². The normalized spacial score (nSPS) is 11.6. The van der Waals surface area contributed by atoms with Gasteiger partial charge in [0, 0.05) is 37.5 Å². The lowest BCUT2D eigenvalue weighted by molar-refractivity contribution is -0.688. The van der Waals surface area contributed by atoms with E-state index in [0.717, 1.165) is 6.54 Å². The predicted octanol–water partition coefficient (Wildman–Crippen LogP) is 4.32. The van der Waals surface area contributed by atoms with Crippen LogP contribution < -0.4 is 14.8 Å². The van der Waals surface area contributed by atoms with Crippen molar-refractivity contribution in [1.29, 1.82) is 0 Å². The van der Waals surface area contributed by atoms with Crippen molar-refractivity contribution >= 4 is 18.9 Å². The van der Waals surface area contributed by atoms with Crippen LogP contribution in [-0.2, 0) is 6.54 Å². The van der Waals surface area contributed by atoms with Gasteiger partial charge in [-0.15, -0.1) is 0 Å². The average Bonchev–Trinajstić information content (AvgIpc) is 2.50. The molecule has 1 aromatic heterocycles. The largest absolute Gasteiger partial charge is 0.377 e. The van der Waals surface area contributed by atoms with Crippen LogP contribution in [0.4, 0.5) is 5.69 Å². The molecule has 2 aromatic rings. The molecule has 0 fully saturated rings. The fourth-order valence-electron chi connectivity index (χ4n) is 3.38. The highest BCUT2D eigenvalue weighted by Crippen LogP contribution is 2.46. The summed E-state index contributed by atoms with van der Waals surface area (Å²) in [6.45, 7) is 12.7. The average molecular weight is 343 g/mol. The van der Waals surface area contributed by atoms with Crippen LogP contribution in [0.2, 0.25) is 0 Å². The Morgan fingerprint density at radius 3 is 2.04 bits per heavy atom. The predicted molar refractivity (Wildman–Crippen MR) is 108 cm³/mol. The SMILES string of the molecule is Cc1cccc(C[n+]2ccc(N(C)C)cc2)c1P(C(C)C)C(C)C. The molecule has 0 saturated carbocycles. The number of rotatable bonds is 6. The van der Waals surface area contributed by atoms with Crippen LogP contribution in [0.5, 0.6) is 0 Å². The van der Waals surface area contributed by atoms with Crippen LogP contribution in [0.25, 0.3) is 0 Å². The number of aryl methyl sites for hydroxylation is 1. The summed E-state index contributed by atoms with van der Waals surface area (Å²) < 4.78 is 2.29. The summed E-state index contributed by atoms with van der Waals surface area (Å²) in [5, 5.41) is 1.61. The van der Waals surface area contributed by atoms with Crippen molar-refractivity contribution in [3.63, 3.8) is 0 Å². The molecule has 0 aliphatic rings. The zero-order valence-electron chi connectivity index (χ0n) is 16.2. The topological polar surface area (TPSA) is 7.12 Å². The molecule has 0 radical (unpaired) electrons. The maximum atomic E-state index is 2.38. The number of hydrogen-bond donors (Lipinski definition) is 0. The fraction of sp³-hybridized carbons (Fsp3) is 0.476. The van der Waals surface area contributed by atoms with Crippen molar-refractivity contribution in [3.05, 3.63) is 53.9 Å². The van der Waals surface area contributed by atoms with Crippen LogP contribution in [0.1, 0.15) is 38.8 Å². The molecule has 2 rings (SSSR count). The second kappa shape index (κ2) is 8.12. The first kappa shape index (κ1) is 18.9. The van der Waals surface area contributed by atoms with Gasteiger partial charge in [-0.3, -0.25) is 0 Å². The van der Waals surface area contributed by atoms with Gasteiger partial charge in [-0.25, -0.2) is 4.57 Å². The summed E-state index contributed by atoms with van der Waals surface area (Å²) in [4.78, 5) is 2.14. The van der Waals surface area contributed by atoms with Gasteiger partial charge in [0.15, 0.2) is 18.9 Å². The highest BCUT2D eigenvalue weighted by Gasteiger charge is 2.24. The van der Waals surface area contributed by atoms with Gasteiger partial charge in [0.2, 0.25) is 0 Å². The Labute approximate surface area is 149 Å². The van der Waals surface area contributed by atoms with E-state index in [1.165, 1.54) is 16.8 Å². The molecule has 24 heavy (non-hydrogen) atoms. The minimum atomic E-state index is -0.150. The number of pyridine rings is 1. The lowest BCUT2D eigenvalue weighted by Gasteiger charge is -2.29. The molecule has 0 spiro atoms. The molecule has 0 saturated heterocycles. The molecule has 0 atom stereocenters. The second-order valence-corrected chi connectivity index (χ2v) is 10.6. The van der Waals surface area contributed by atoms with Crippen LogP contribution in [0.3, 0.4) is 0 Å². The minimum Gasteiger partial charge on any atom is -0.377 e. The first-order valence-corrected chi connectivity index (χ1v) is 10.3. The molecule has 0 aliphatic carbocycles. The van der Waals surface area contributed by atoms with E-state index >= 15 is 0 Å². The number of anilines is 1. The molecule has 2 nitrogen and oxygen atoms in total. The third kappa shape index (κ3) is 4.36. The van der Waals surface area contributed by atoms with Gasteiger partial charge in [0.05, 0.1) is 0 Å². The summed E-state index contributed by atoms with van der Waals surface area (Å²) in [5.74, 6) is 0. The van der Waals surface area contributed by atoms with Gasteiger partial charge >= 0.3 is 0 Å². The molecule has 0 unspecified atom stereocenters. The zero-order chi connectivity index (χ0) is 17.9. The molecule has 0 amide bonds. The summed E-state index contributed by atoms with van der Waals surface area (Å²) in [7, 11) is 4.01. The lowest BCUT2D eigenvalue weighted by Crippen LogP contribution is -2.36. The van der Waals surface area contributed by atoms with E-state index in [0.29, 0.717) is 11.3 Å². The van der Waals surface area contributed by atoms with Gasteiger partial charge < -0.3 is 4.90 Å². The van der Waals surface area contributed by atoms with E-state index < -0.39 is 0 Å². The van der Waals surface area contributed by atoms with Gasteiger partial charge in [0.25, 0.3) is 0 Å². The Kier molecular flexibility index (Phi) is 6.40. The van der Waals surface area contributed by atoms with E-state index in [4.69, 9.17) is 0 Å². The minimum absolute atomic E-state index is 0.150. The van der Waals surface area contributed by atoms with Crippen molar-refractivity contribution in [2.45, 2.75) is 52.5 Å². The van der Waals surface area contributed by atoms with Crippen molar-refractivity contribution in [1.82, 2.24) is 0 Å². The number of hydrogen-bond acceptors (Lipinski definition) is 1. The summed E-state index contributed by atoms with van der Waals surface area (Å²) >= 11 is 0. The standard InChI is InChI=1S/C21H32N2P/c1-16(2)24(17(3)4)21-18(5)9-8-10-19(21)15-23-13-11-20(12-14-23)22(6)7/h8-14,16-17H,15H2,1-7H3/q+1. The second-order valence-electron chi connectivity index (χ2n) is 7.30. The highest BCUT2D eigenvalue weighted by atomic mass is 31.1. The number of aromatic nitrogens is 1. The molecule has 0 aliphatic heterocycles. The highest BCUT2D eigenvalue weighted by molar-refractivity contribution is 7.67. The van der Waals surface area contributed by atoms with Crippen LogP contribution in [-0.4, -0.2) is 25.4 Å². The van der Waals surface area contributed by atoms with E-state index in [2.05, 4.69) is 101 Å². The number of nitrogens with zero attached hydrogens (tertiary/aromatic N) is 2. The van der Waals surface area contributed by atoms with Crippen molar-refractivity contribution in [3.8, 4) is 0 Å². The van der Waals surface area contributed by atoms with Gasteiger partial charge in [-0.05, 0) is 29.1 Å². The Bertz CT molecular complexity index is 652. The molecule has 130 valence electrons. The van der Waals surface area contributed by atoms with Crippen molar-refractivity contribution in [2.75, 3.05) is 19.0 Å². The summed E-state index contributed by atoms with van der Waals surface area (Å²) in [5.41, 5.74) is 5.59. The Hall–Kier alpha value is -1.40. The molecular weight excluding hydrogens is 311 g/mol. The fourth-order valence-corrected chi connectivity index (χ4v) is 6.56. The van der Waals surface area contributed by atoms with E-state index in [1.54, 1.807) is 5.30 Å². The molecular formula is C21H32N2P+. The summed E-state index contributed by atoms with van der Waals surface area (Å²) in [6.07, 6.45) is 4.38. The maximum absolute atomic E-state index is 2.38. The molecule has 1 aromatic carbocycles. The molecule has 1 heterocycles. The quantitative estimate of drug-likeness (QED) is 0.560. The Morgan fingerprint density at radius 2 is 1.54 bits per heavy atom. The van der Waals surface area contributed by atoms with Gasteiger partial charge in [0.1, 0.15) is 0 Å². The monoisotopic (exact) mass is 343 g/mol. The number of benzene rings is 1. The first-order chi connectivity index (χ1) is 11.3. The third-order valence-corrected chi connectivity index (χ3v) is 7.82. The van der Waals surface area contributed by atoms with E-state index in [1.807, 2.05) is 0 Å².